The molecule has 0 saturated carbocycles. The van der Waals surface area contributed by atoms with Crippen LogP contribution in [0.3, 0.4) is 0 Å². The molecule has 0 spiro atoms. The molecule has 0 saturated heterocycles. The van der Waals surface area contributed by atoms with E-state index in [0.29, 0.717) is 0 Å². The fraction of sp³-hybridized carbons (Fsp3) is 0.190. The summed E-state index contributed by atoms with van der Waals surface area (Å²) in [5.41, 5.74) is 4.61. The summed E-state index contributed by atoms with van der Waals surface area (Å²) in [4.78, 5) is 4.54. The maximum atomic E-state index is 4.54. The summed E-state index contributed by atoms with van der Waals surface area (Å²) in [5.74, 6) is 1.75. The van der Waals surface area contributed by atoms with Crippen LogP contribution in [0.1, 0.15) is 18.1 Å². The molecule has 0 aliphatic carbocycles. The van der Waals surface area contributed by atoms with Gasteiger partial charge in [-0.3, -0.25) is 4.98 Å². The molecule has 0 radical (unpaired) electrons. The smallest absolute Gasteiger partial charge is 0.191 e. The van der Waals surface area contributed by atoms with Gasteiger partial charge in [-0.25, -0.2) is 0 Å². The third-order valence-corrected chi connectivity index (χ3v) is 5.40. The first kappa shape index (κ1) is 16.8. The first-order valence-corrected chi connectivity index (χ1v) is 9.70. The number of fused-ring (bicyclic) bond motifs is 1. The van der Waals surface area contributed by atoms with Gasteiger partial charge in [0, 0.05) is 29.4 Å². The van der Waals surface area contributed by atoms with Crippen molar-refractivity contribution in [2.24, 2.45) is 0 Å². The number of para-hydroxylation sites is 1. The normalized spacial score (nSPS) is 11.2. The maximum Gasteiger partial charge on any atom is 0.191 e. The number of pyridine rings is 1. The second-order valence-electron chi connectivity index (χ2n) is 6.20. The molecule has 0 amide bonds. The lowest BCUT2D eigenvalue weighted by atomic mass is 10.1. The van der Waals surface area contributed by atoms with Gasteiger partial charge in [-0.2, -0.15) is 0 Å². The van der Waals surface area contributed by atoms with Crippen molar-refractivity contribution in [1.29, 1.82) is 0 Å². The van der Waals surface area contributed by atoms with Gasteiger partial charge < -0.3 is 4.57 Å². The minimum absolute atomic E-state index is 0.820. The molecule has 130 valence electrons. The first-order valence-electron chi connectivity index (χ1n) is 8.72. The van der Waals surface area contributed by atoms with Crippen LogP contribution >= 0.6 is 11.8 Å². The van der Waals surface area contributed by atoms with Crippen LogP contribution in [-0.4, -0.2) is 19.7 Å². The predicted molar refractivity (Wildman–Crippen MR) is 107 cm³/mol. The van der Waals surface area contributed by atoms with Crippen LogP contribution in [-0.2, 0) is 12.3 Å². The SMILES string of the molecule is CCn1c(SCc2cccc3cccnc23)nnc1-c1cccc(C)c1. The number of hydrogen-bond acceptors (Lipinski definition) is 4. The molecule has 2 heterocycles. The highest BCUT2D eigenvalue weighted by Crippen LogP contribution is 2.28. The fourth-order valence-electron chi connectivity index (χ4n) is 3.10. The van der Waals surface area contributed by atoms with Gasteiger partial charge in [0.2, 0.25) is 0 Å². The predicted octanol–water partition coefficient (Wildman–Crippen LogP) is 5.11. The number of aromatic nitrogens is 4. The lowest BCUT2D eigenvalue weighted by molar-refractivity contribution is 0.687. The van der Waals surface area contributed by atoms with E-state index in [1.165, 1.54) is 16.5 Å². The minimum Gasteiger partial charge on any atom is -0.302 e. The zero-order chi connectivity index (χ0) is 17.9. The molecule has 26 heavy (non-hydrogen) atoms. The van der Waals surface area contributed by atoms with Crippen molar-refractivity contribution in [3.8, 4) is 11.4 Å². The summed E-state index contributed by atoms with van der Waals surface area (Å²) >= 11 is 1.71. The third kappa shape index (κ3) is 3.22. The number of rotatable bonds is 5. The zero-order valence-electron chi connectivity index (χ0n) is 14.9. The molecular weight excluding hydrogens is 340 g/mol. The summed E-state index contributed by atoms with van der Waals surface area (Å²) in [6, 6.07) is 18.8. The Morgan fingerprint density at radius 3 is 2.69 bits per heavy atom. The average molecular weight is 360 g/mol. The van der Waals surface area contributed by atoms with Crippen molar-refractivity contribution in [3.05, 3.63) is 71.9 Å². The Hall–Kier alpha value is -2.66. The van der Waals surface area contributed by atoms with E-state index >= 15 is 0 Å². The monoisotopic (exact) mass is 360 g/mol. The quantitative estimate of drug-likeness (QED) is 0.464. The molecule has 0 unspecified atom stereocenters. The van der Waals surface area contributed by atoms with E-state index in [4.69, 9.17) is 0 Å². The molecule has 0 fully saturated rings. The standard InChI is InChI=1S/C21H20N4S/c1-3-25-20(17-9-4-7-15(2)13-17)23-24-21(25)26-14-18-10-5-8-16-11-6-12-22-19(16)18/h4-13H,3,14H2,1-2H3. The van der Waals surface area contributed by atoms with Crippen molar-refractivity contribution in [2.45, 2.75) is 31.3 Å². The van der Waals surface area contributed by atoms with Gasteiger partial charge in [-0.1, -0.05) is 59.8 Å². The lowest BCUT2D eigenvalue weighted by Crippen LogP contribution is -2.00. The van der Waals surface area contributed by atoms with E-state index in [-0.39, 0.29) is 0 Å². The van der Waals surface area contributed by atoms with Gasteiger partial charge in [0.15, 0.2) is 11.0 Å². The van der Waals surface area contributed by atoms with Crippen LogP contribution < -0.4 is 0 Å². The summed E-state index contributed by atoms with van der Waals surface area (Å²) in [5, 5.41) is 11.0. The molecule has 0 aliphatic rings. The lowest BCUT2D eigenvalue weighted by Gasteiger charge is -2.09. The van der Waals surface area contributed by atoms with Crippen molar-refractivity contribution >= 4 is 22.7 Å². The number of thioether (sulfide) groups is 1. The van der Waals surface area contributed by atoms with Crippen molar-refractivity contribution in [2.75, 3.05) is 0 Å². The van der Waals surface area contributed by atoms with E-state index in [1.54, 1.807) is 11.8 Å². The Labute approximate surface area is 157 Å². The van der Waals surface area contributed by atoms with E-state index in [0.717, 1.165) is 34.4 Å². The van der Waals surface area contributed by atoms with Crippen LogP contribution in [0.15, 0.2) is 66.0 Å². The van der Waals surface area contributed by atoms with Crippen LogP contribution in [0.2, 0.25) is 0 Å². The van der Waals surface area contributed by atoms with E-state index in [1.807, 2.05) is 12.3 Å². The van der Waals surface area contributed by atoms with Crippen molar-refractivity contribution in [3.63, 3.8) is 0 Å². The summed E-state index contributed by atoms with van der Waals surface area (Å²) < 4.78 is 2.18. The number of aryl methyl sites for hydroxylation is 1. The molecule has 4 aromatic rings. The Morgan fingerprint density at radius 1 is 1.00 bits per heavy atom. The number of benzene rings is 2. The molecule has 0 atom stereocenters. The second kappa shape index (κ2) is 7.30. The van der Waals surface area contributed by atoms with E-state index in [9.17, 15) is 0 Å². The molecule has 0 aliphatic heterocycles. The van der Waals surface area contributed by atoms with Crippen LogP contribution in [0.25, 0.3) is 22.3 Å². The minimum atomic E-state index is 0.820. The Kier molecular flexibility index (Phi) is 4.71. The first-order chi connectivity index (χ1) is 12.8. The third-order valence-electron chi connectivity index (χ3n) is 4.38. The average Bonchev–Trinajstić information content (AvgIpc) is 3.09. The molecule has 5 heteroatoms. The molecule has 2 aromatic carbocycles. The van der Waals surface area contributed by atoms with Crippen LogP contribution in [0, 0.1) is 6.92 Å². The highest BCUT2D eigenvalue weighted by atomic mass is 32.2. The molecule has 4 rings (SSSR count). The van der Waals surface area contributed by atoms with Gasteiger partial charge >= 0.3 is 0 Å². The van der Waals surface area contributed by atoms with Gasteiger partial charge in [0.1, 0.15) is 0 Å². The number of nitrogens with zero attached hydrogens (tertiary/aromatic N) is 4. The van der Waals surface area contributed by atoms with Gasteiger partial charge in [0.05, 0.1) is 5.52 Å². The number of hydrogen-bond donors (Lipinski definition) is 0. The molecule has 0 N–H and O–H groups in total. The largest absolute Gasteiger partial charge is 0.302 e. The summed E-state index contributed by atoms with van der Waals surface area (Å²) in [7, 11) is 0. The molecule has 0 bridgehead atoms. The van der Waals surface area contributed by atoms with Gasteiger partial charge in [0.25, 0.3) is 0 Å². The van der Waals surface area contributed by atoms with Crippen molar-refractivity contribution < 1.29 is 0 Å². The molecule has 4 nitrogen and oxygen atoms in total. The highest BCUT2D eigenvalue weighted by Gasteiger charge is 2.14. The summed E-state index contributed by atoms with van der Waals surface area (Å²) in [6.07, 6.45) is 1.85. The van der Waals surface area contributed by atoms with Gasteiger partial charge in [-0.15, -0.1) is 10.2 Å². The molecule has 2 aromatic heterocycles. The van der Waals surface area contributed by atoms with Gasteiger partial charge in [-0.05, 0) is 31.5 Å². The summed E-state index contributed by atoms with van der Waals surface area (Å²) in [6.45, 7) is 5.07. The second-order valence-corrected chi connectivity index (χ2v) is 7.14. The molecular formula is C21H20N4S. The zero-order valence-corrected chi connectivity index (χ0v) is 15.7. The van der Waals surface area contributed by atoms with E-state index < -0.39 is 0 Å². The Balaban J connectivity index is 1.63. The Morgan fingerprint density at radius 2 is 1.85 bits per heavy atom. The highest BCUT2D eigenvalue weighted by molar-refractivity contribution is 7.98. The van der Waals surface area contributed by atoms with Crippen molar-refractivity contribution in [1.82, 2.24) is 19.7 Å². The fourth-order valence-corrected chi connectivity index (χ4v) is 4.09. The Bertz CT molecular complexity index is 1050. The van der Waals surface area contributed by atoms with E-state index in [2.05, 4.69) is 82.1 Å². The van der Waals surface area contributed by atoms with Crippen LogP contribution in [0.4, 0.5) is 0 Å². The topological polar surface area (TPSA) is 43.6 Å². The maximum absolute atomic E-state index is 4.54. The van der Waals surface area contributed by atoms with Crippen LogP contribution in [0.5, 0.6) is 0 Å².